The third-order valence-electron chi connectivity index (χ3n) is 3.29. The molecule has 7 heteroatoms. The fourth-order valence-electron chi connectivity index (χ4n) is 2.29. The van der Waals surface area contributed by atoms with Gasteiger partial charge in [-0.25, -0.2) is 4.39 Å². The van der Waals surface area contributed by atoms with Crippen molar-refractivity contribution in [3.05, 3.63) is 21.5 Å². The smallest absolute Gasteiger partial charge is 0.393 e. The summed E-state index contributed by atoms with van der Waals surface area (Å²) in [6.45, 7) is 0.310. The minimum absolute atomic E-state index is 0.118. The molecule has 106 valence electrons. The molecule has 1 fully saturated rings. The van der Waals surface area contributed by atoms with Gasteiger partial charge in [-0.15, -0.1) is 0 Å². The zero-order valence-electron chi connectivity index (χ0n) is 9.97. The summed E-state index contributed by atoms with van der Waals surface area (Å²) in [4.78, 5) is 1.52. The van der Waals surface area contributed by atoms with Crippen LogP contribution in [-0.2, 0) is 0 Å². The third kappa shape index (κ3) is 3.24. The topological polar surface area (TPSA) is 29.3 Å². The second kappa shape index (κ2) is 5.34. The first-order chi connectivity index (χ1) is 8.79. The van der Waals surface area contributed by atoms with Gasteiger partial charge in [-0.1, -0.05) is 0 Å². The Balaban J connectivity index is 2.25. The molecule has 0 amide bonds. The number of alkyl halides is 3. The van der Waals surface area contributed by atoms with Crippen LogP contribution in [0, 0.1) is 15.3 Å². The van der Waals surface area contributed by atoms with E-state index in [9.17, 15) is 17.6 Å². The van der Waals surface area contributed by atoms with Crippen LogP contribution >= 0.6 is 22.6 Å². The van der Waals surface area contributed by atoms with E-state index in [1.54, 1.807) is 22.6 Å². The van der Waals surface area contributed by atoms with E-state index >= 15 is 0 Å². The summed E-state index contributed by atoms with van der Waals surface area (Å²) in [5.41, 5.74) is 6.45. The lowest BCUT2D eigenvalue weighted by Gasteiger charge is -2.35. The van der Waals surface area contributed by atoms with Crippen molar-refractivity contribution in [1.29, 1.82) is 0 Å². The number of nitrogen functional groups attached to an aromatic ring is 1. The fraction of sp³-hybridized carbons (Fsp3) is 0.500. The Labute approximate surface area is 122 Å². The zero-order valence-corrected chi connectivity index (χ0v) is 12.1. The number of anilines is 2. The van der Waals surface area contributed by atoms with Gasteiger partial charge >= 0.3 is 6.18 Å². The molecule has 0 spiro atoms. The van der Waals surface area contributed by atoms with Crippen molar-refractivity contribution in [3.8, 4) is 0 Å². The summed E-state index contributed by atoms with van der Waals surface area (Å²) >= 11 is 1.80. The Morgan fingerprint density at radius 1 is 1.32 bits per heavy atom. The summed E-state index contributed by atoms with van der Waals surface area (Å²) in [7, 11) is 0. The maximum atomic E-state index is 13.5. The summed E-state index contributed by atoms with van der Waals surface area (Å²) < 4.78 is 52.1. The molecule has 19 heavy (non-hydrogen) atoms. The Morgan fingerprint density at radius 2 is 2.00 bits per heavy atom. The van der Waals surface area contributed by atoms with Crippen molar-refractivity contribution in [2.75, 3.05) is 23.7 Å². The quantitative estimate of drug-likeness (QED) is 0.451. The van der Waals surface area contributed by atoms with E-state index in [0.717, 1.165) is 0 Å². The Hall–Kier alpha value is -0.730. The molecule has 1 aliphatic heterocycles. The van der Waals surface area contributed by atoms with Crippen molar-refractivity contribution >= 4 is 34.0 Å². The van der Waals surface area contributed by atoms with Crippen molar-refractivity contribution < 1.29 is 17.6 Å². The van der Waals surface area contributed by atoms with E-state index in [1.807, 2.05) is 0 Å². The Kier molecular flexibility index (Phi) is 4.12. The van der Waals surface area contributed by atoms with Crippen molar-refractivity contribution in [1.82, 2.24) is 0 Å². The van der Waals surface area contributed by atoms with Crippen molar-refractivity contribution in [2.45, 2.75) is 19.0 Å². The first-order valence-corrected chi connectivity index (χ1v) is 6.93. The molecule has 1 heterocycles. The molecule has 1 aromatic rings. The number of hydrogen-bond acceptors (Lipinski definition) is 2. The van der Waals surface area contributed by atoms with Gasteiger partial charge in [-0.2, -0.15) is 13.2 Å². The standard InChI is InChI=1S/C12H13F4IN2/c13-8-4-11(10(18)5-9(8)17)19-3-1-2-7(6-19)12(14,15)16/h4-5,7H,1-3,6,18H2. The van der Waals surface area contributed by atoms with Gasteiger partial charge in [0.15, 0.2) is 0 Å². The molecular formula is C12H13F4IN2. The average molecular weight is 388 g/mol. The Morgan fingerprint density at radius 3 is 2.63 bits per heavy atom. The normalized spacial score (nSPS) is 20.7. The molecule has 1 aromatic carbocycles. The van der Waals surface area contributed by atoms with Crippen LogP contribution in [0.3, 0.4) is 0 Å². The second-order valence-corrected chi connectivity index (χ2v) is 5.81. The molecular weight excluding hydrogens is 375 g/mol. The lowest BCUT2D eigenvalue weighted by Crippen LogP contribution is -2.42. The predicted octanol–water partition coefficient (Wildman–Crippen LogP) is 3.79. The first kappa shape index (κ1) is 14.7. The maximum Gasteiger partial charge on any atom is 0.393 e. The second-order valence-electron chi connectivity index (χ2n) is 4.65. The third-order valence-corrected chi connectivity index (χ3v) is 4.12. The van der Waals surface area contributed by atoms with Gasteiger partial charge in [0.05, 0.1) is 20.9 Å². The van der Waals surface area contributed by atoms with Crippen LogP contribution in [0.2, 0.25) is 0 Å². The molecule has 2 N–H and O–H groups in total. The highest BCUT2D eigenvalue weighted by Crippen LogP contribution is 2.37. The van der Waals surface area contributed by atoms with Crippen LogP contribution in [0.5, 0.6) is 0 Å². The van der Waals surface area contributed by atoms with Gasteiger partial charge in [0.1, 0.15) is 5.82 Å². The van der Waals surface area contributed by atoms with Gasteiger partial charge in [-0.05, 0) is 41.5 Å². The van der Waals surface area contributed by atoms with Crippen LogP contribution < -0.4 is 10.6 Å². The largest absolute Gasteiger partial charge is 0.397 e. The van der Waals surface area contributed by atoms with Gasteiger partial charge in [0.2, 0.25) is 0 Å². The number of hydrogen-bond donors (Lipinski definition) is 1. The minimum atomic E-state index is -4.21. The monoisotopic (exact) mass is 388 g/mol. The number of piperidine rings is 1. The molecule has 1 saturated heterocycles. The van der Waals surface area contributed by atoms with Crippen LogP contribution in [0.1, 0.15) is 12.8 Å². The van der Waals surface area contributed by atoms with E-state index < -0.39 is 17.9 Å². The SMILES string of the molecule is Nc1cc(I)c(F)cc1N1CCCC(C(F)(F)F)C1. The highest BCUT2D eigenvalue weighted by atomic mass is 127. The van der Waals surface area contributed by atoms with E-state index in [2.05, 4.69) is 0 Å². The molecule has 2 nitrogen and oxygen atoms in total. The van der Waals surface area contributed by atoms with E-state index in [4.69, 9.17) is 5.73 Å². The minimum Gasteiger partial charge on any atom is -0.397 e. The van der Waals surface area contributed by atoms with E-state index in [1.165, 1.54) is 17.0 Å². The van der Waals surface area contributed by atoms with Gasteiger partial charge < -0.3 is 10.6 Å². The van der Waals surface area contributed by atoms with Crippen molar-refractivity contribution in [3.63, 3.8) is 0 Å². The number of benzene rings is 1. The molecule has 0 aromatic heterocycles. The fourth-order valence-corrected chi connectivity index (χ4v) is 2.78. The van der Waals surface area contributed by atoms with Gasteiger partial charge in [0, 0.05) is 19.2 Å². The molecule has 0 aliphatic carbocycles. The summed E-state index contributed by atoms with van der Waals surface area (Å²) in [6.07, 6.45) is -3.67. The van der Waals surface area contributed by atoms with Gasteiger partial charge in [-0.3, -0.25) is 0 Å². The number of nitrogens with zero attached hydrogens (tertiary/aromatic N) is 1. The van der Waals surface area contributed by atoms with Crippen LogP contribution in [0.25, 0.3) is 0 Å². The zero-order chi connectivity index (χ0) is 14.2. The summed E-state index contributed by atoms with van der Waals surface area (Å²) in [6, 6.07) is 2.66. The molecule has 1 aliphatic rings. The number of nitrogens with two attached hydrogens (primary N) is 1. The number of halogens is 5. The molecule has 0 bridgehead atoms. The van der Waals surface area contributed by atoms with Crippen LogP contribution in [-0.4, -0.2) is 19.3 Å². The molecule has 1 atom stereocenters. The molecule has 0 saturated carbocycles. The molecule has 0 radical (unpaired) electrons. The first-order valence-electron chi connectivity index (χ1n) is 5.85. The Bertz CT molecular complexity index is 476. The molecule has 2 rings (SSSR count). The average Bonchev–Trinajstić information content (AvgIpc) is 2.33. The number of rotatable bonds is 1. The van der Waals surface area contributed by atoms with Crippen LogP contribution in [0.4, 0.5) is 28.9 Å². The van der Waals surface area contributed by atoms with Gasteiger partial charge in [0.25, 0.3) is 0 Å². The van der Waals surface area contributed by atoms with E-state index in [0.29, 0.717) is 27.9 Å². The summed E-state index contributed by atoms with van der Waals surface area (Å²) in [5.74, 6) is -1.83. The lowest BCUT2D eigenvalue weighted by molar-refractivity contribution is -0.175. The highest BCUT2D eigenvalue weighted by molar-refractivity contribution is 14.1. The van der Waals surface area contributed by atoms with Crippen LogP contribution in [0.15, 0.2) is 12.1 Å². The maximum absolute atomic E-state index is 13.5. The highest BCUT2D eigenvalue weighted by Gasteiger charge is 2.42. The lowest BCUT2D eigenvalue weighted by atomic mass is 9.97. The predicted molar refractivity (Wildman–Crippen MR) is 74.5 cm³/mol. The van der Waals surface area contributed by atoms with Crippen molar-refractivity contribution in [2.24, 2.45) is 5.92 Å². The molecule has 1 unspecified atom stereocenters. The van der Waals surface area contributed by atoms with E-state index in [-0.39, 0.29) is 13.0 Å². The summed E-state index contributed by atoms with van der Waals surface area (Å²) in [5, 5.41) is 0.